The first-order valence-corrected chi connectivity index (χ1v) is 9.47. The smallest absolute Gasteiger partial charge is 0.222 e. The minimum atomic E-state index is 0.887. The molecule has 0 bridgehead atoms. The first kappa shape index (κ1) is 16.3. The molecule has 0 N–H and O–H groups in total. The van der Waals surface area contributed by atoms with E-state index in [1.54, 1.807) is 0 Å². The van der Waals surface area contributed by atoms with E-state index in [4.69, 9.17) is 0 Å². The lowest BCUT2D eigenvalue weighted by atomic mass is 9.94. The molecule has 0 unspecified atom stereocenters. The van der Waals surface area contributed by atoms with Crippen LogP contribution in [0.2, 0.25) is 0 Å². The van der Waals surface area contributed by atoms with Crippen molar-refractivity contribution in [2.24, 2.45) is 13.0 Å². The lowest BCUT2D eigenvalue weighted by Crippen LogP contribution is -2.35. The number of hydrogen-bond donors (Lipinski definition) is 0. The van der Waals surface area contributed by atoms with Gasteiger partial charge in [0.25, 0.3) is 0 Å². The Morgan fingerprint density at radius 1 is 1.08 bits per heavy atom. The van der Waals surface area contributed by atoms with Gasteiger partial charge in [0.05, 0.1) is 10.9 Å². The Morgan fingerprint density at radius 3 is 2.64 bits per heavy atom. The normalized spacial score (nSPS) is 15.2. The minimum absolute atomic E-state index is 0.887. The number of aromatic nitrogens is 2. The molecule has 0 spiro atoms. The Balaban J connectivity index is 1.85. The zero-order valence-electron chi connectivity index (χ0n) is 15.5. The standard InChI is InChI=1S/C23H27N2/c1-16-10-11-24-15-22(16)23-21-9-8-19(13-18-6-4-5-7-18)14-20(21)12-17(2)25(23)3/h8-12,14-15,18H,4-7,13H2,1-3H3/q+1. The summed E-state index contributed by atoms with van der Waals surface area (Å²) in [5.41, 5.74) is 6.54. The number of pyridine rings is 2. The summed E-state index contributed by atoms with van der Waals surface area (Å²) in [7, 11) is 2.16. The highest BCUT2D eigenvalue weighted by molar-refractivity contribution is 5.94. The minimum Gasteiger partial charge on any atom is -0.264 e. The largest absolute Gasteiger partial charge is 0.264 e. The van der Waals surface area contributed by atoms with E-state index in [9.17, 15) is 0 Å². The molecule has 1 fully saturated rings. The summed E-state index contributed by atoms with van der Waals surface area (Å²) in [6.07, 6.45) is 10.7. The van der Waals surface area contributed by atoms with Crippen molar-refractivity contribution < 1.29 is 4.57 Å². The van der Waals surface area contributed by atoms with Crippen molar-refractivity contribution in [2.45, 2.75) is 46.0 Å². The van der Waals surface area contributed by atoms with E-state index in [0.717, 1.165) is 5.92 Å². The van der Waals surface area contributed by atoms with E-state index in [1.165, 1.54) is 71.0 Å². The molecule has 0 amide bonds. The Bertz CT molecular complexity index is 921. The average molecular weight is 331 g/mol. The van der Waals surface area contributed by atoms with E-state index in [0.29, 0.717) is 0 Å². The fourth-order valence-electron chi connectivity index (χ4n) is 4.34. The Hall–Kier alpha value is -2.22. The van der Waals surface area contributed by atoms with Gasteiger partial charge in [0.1, 0.15) is 7.05 Å². The molecule has 2 aromatic heterocycles. The van der Waals surface area contributed by atoms with E-state index < -0.39 is 0 Å². The molecule has 0 atom stereocenters. The van der Waals surface area contributed by atoms with Gasteiger partial charge in [-0.1, -0.05) is 37.8 Å². The van der Waals surface area contributed by atoms with Crippen LogP contribution in [0.15, 0.2) is 42.7 Å². The molecule has 2 heteroatoms. The van der Waals surface area contributed by atoms with Crippen molar-refractivity contribution in [3.8, 4) is 11.3 Å². The number of rotatable bonds is 3. The van der Waals surface area contributed by atoms with E-state index in [1.807, 2.05) is 12.4 Å². The predicted octanol–water partition coefficient (Wildman–Crippen LogP) is 5.08. The van der Waals surface area contributed by atoms with E-state index >= 15 is 0 Å². The molecule has 4 rings (SSSR count). The number of benzene rings is 1. The number of hydrogen-bond acceptors (Lipinski definition) is 1. The molecular weight excluding hydrogens is 304 g/mol. The molecule has 1 aliphatic carbocycles. The van der Waals surface area contributed by atoms with Crippen LogP contribution in [0.5, 0.6) is 0 Å². The van der Waals surface area contributed by atoms with Crippen LogP contribution in [0.1, 0.15) is 42.5 Å². The van der Waals surface area contributed by atoms with Crippen LogP contribution < -0.4 is 4.57 Å². The maximum Gasteiger partial charge on any atom is 0.222 e. The van der Waals surface area contributed by atoms with Crippen LogP contribution in [-0.2, 0) is 13.5 Å². The third kappa shape index (κ3) is 3.06. The fraction of sp³-hybridized carbons (Fsp3) is 0.391. The van der Waals surface area contributed by atoms with Gasteiger partial charge >= 0.3 is 0 Å². The van der Waals surface area contributed by atoms with Crippen molar-refractivity contribution in [1.29, 1.82) is 0 Å². The maximum atomic E-state index is 4.37. The monoisotopic (exact) mass is 331 g/mol. The van der Waals surface area contributed by atoms with Gasteiger partial charge in [-0.25, -0.2) is 0 Å². The Kier molecular flexibility index (Phi) is 4.29. The quantitative estimate of drug-likeness (QED) is 0.612. The highest BCUT2D eigenvalue weighted by Gasteiger charge is 2.21. The van der Waals surface area contributed by atoms with Crippen LogP contribution in [0.25, 0.3) is 22.0 Å². The van der Waals surface area contributed by atoms with Crippen molar-refractivity contribution in [3.05, 3.63) is 59.5 Å². The molecule has 25 heavy (non-hydrogen) atoms. The summed E-state index contributed by atoms with van der Waals surface area (Å²) in [4.78, 5) is 4.37. The summed E-state index contributed by atoms with van der Waals surface area (Å²) in [6.45, 7) is 4.36. The van der Waals surface area contributed by atoms with Crippen molar-refractivity contribution >= 4 is 10.8 Å². The molecule has 0 radical (unpaired) electrons. The van der Waals surface area contributed by atoms with Gasteiger partial charge in [-0.05, 0) is 47.9 Å². The lowest BCUT2D eigenvalue weighted by Gasteiger charge is -2.12. The molecule has 0 aliphatic heterocycles. The average Bonchev–Trinajstić information content (AvgIpc) is 3.10. The highest BCUT2D eigenvalue weighted by atomic mass is 14.9. The molecule has 1 saturated carbocycles. The topological polar surface area (TPSA) is 16.8 Å². The Morgan fingerprint density at radius 2 is 1.88 bits per heavy atom. The van der Waals surface area contributed by atoms with Gasteiger partial charge in [-0.3, -0.25) is 4.98 Å². The van der Waals surface area contributed by atoms with Crippen LogP contribution >= 0.6 is 0 Å². The highest BCUT2D eigenvalue weighted by Crippen LogP contribution is 2.31. The SMILES string of the molecule is Cc1ccncc1-c1c2ccc(CC3CCCC3)cc2cc(C)[n+]1C. The second kappa shape index (κ2) is 6.59. The predicted molar refractivity (Wildman–Crippen MR) is 103 cm³/mol. The van der Waals surface area contributed by atoms with Gasteiger partial charge in [-0.15, -0.1) is 0 Å². The molecule has 3 aromatic rings. The van der Waals surface area contributed by atoms with Crippen molar-refractivity contribution in [3.63, 3.8) is 0 Å². The second-order valence-electron chi connectivity index (χ2n) is 7.66. The number of aryl methyl sites for hydroxylation is 2. The molecular formula is C23H27N2+. The van der Waals surface area contributed by atoms with Gasteiger partial charge in [0.2, 0.25) is 5.69 Å². The molecule has 1 aliphatic rings. The number of fused-ring (bicyclic) bond motifs is 1. The van der Waals surface area contributed by atoms with Gasteiger partial charge in [-0.2, -0.15) is 4.57 Å². The molecule has 0 saturated heterocycles. The molecule has 2 nitrogen and oxygen atoms in total. The van der Waals surface area contributed by atoms with E-state index in [2.05, 4.69) is 60.8 Å². The maximum absolute atomic E-state index is 4.37. The third-order valence-electron chi connectivity index (χ3n) is 5.89. The second-order valence-corrected chi connectivity index (χ2v) is 7.66. The summed E-state index contributed by atoms with van der Waals surface area (Å²) in [5, 5.41) is 2.67. The summed E-state index contributed by atoms with van der Waals surface area (Å²) >= 11 is 0. The molecule has 1 aromatic carbocycles. The first-order valence-electron chi connectivity index (χ1n) is 9.47. The fourth-order valence-corrected chi connectivity index (χ4v) is 4.34. The molecule has 128 valence electrons. The van der Waals surface area contributed by atoms with Gasteiger partial charge in [0, 0.05) is 25.4 Å². The zero-order chi connectivity index (χ0) is 17.4. The van der Waals surface area contributed by atoms with Crippen LogP contribution in [0.3, 0.4) is 0 Å². The van der Waals surface area contributed by atoms with Crippen LogP contribution in [0, 0.1) is 19.8 Å². The Labute approximate surface area is 150 Å². The van der Waals surface area contributed by atoms with Crippen LogP contribution in [0.4, 0.5) is 0 Å². The van der Waals surface area contributed by atoms with E-state index in [-0.39, 0.29) is 0 Å². The van der Waals surface area contributed by atoms with Crippen molar-refractivity contribution in [2.75, 3.05) is 0 Å². The lowest BCUT2D eigenvalue weighted by molar-refractivity contribution is -0.665. The summed E-state index contributed by atoms with van der Waals surface area (Å²) in [6, 6.07) is 11.5. The van der Waals surface area contributed by atoms with Crippen LogP contribution in [-0.4, -0.2) is 4.98 Å². The van der Waals surface area contributed by atoms with Crippen molar-refractivity contribution in [1.82, 2.24) is 4.98 Å². The first-order chi connectivity index (χ1) is 12.1. The number of nitrogens with zero attached hydrogens (tertiary/aromatic N) is 2. The third-order valence-corrected chi connectivity index (χ3v) is 5.89. The summed E-state index contributed by atoms with van der Waals surface area (Å²) in [5.74, 6) is 0.887. The summed E-state index contributed by atoms with van der Waals surface area (Å²) < 4.78 is 2.29. The zero-order valence-corrected chi connectivity index (χ0v) is 15.5. The van der Waals surface area contributed by atoms with Gasteiger partial charge in [0.15, 0.2) is 5.69 Å². The molecule has 2 heterocycles. The van der Waals surface area contributed by atoms with Gasteiger partial charge < -0.3 is 0 Å².